The van der Waals surface area contributed by atoms with Crippen LogP contribution < -0.4 is 10.2 Å². The van der Waals surface area contributed by atoms with Crippen molar-refractivity contribution in [3.63, 3.8) is 0 Å². The average molecular weight is 326 g/mol. The third-order valence-electron chi connectivity index (χ3n) is 3.94. The highest BCUT2D eigenvalue weighted by molar-refractivity contribution is 7.89. The van der Waals surface area contributed by atoms with Crippen LogP contribution in [0.15, 0.2) is 59.6 Å². The molecule has 0 aliphatic carbocycles. The first kappa shape index (κ1) is 15.8. The first-order chi connectivity index (χ1) is 11.0. The average Bonchev–Trinajstić information content (AvgIpc) is 2.90. The van der Waals surface area contributed by atoms with E-state index in [9.17, 15) is 8.42 Å². The van der Waals surface area contributed by atoms with Gasteiger partial charge in [0.1, 0.15) is 7.85 Å². The van der Waals surface area contributed by atoms with Crippen LogP contribution in [0.4, 0.5) is 0 Å². The van der Waals surface area contributed by atoms with Crippen molar-refractivity contribution in [1.29, 1.82) is 0 Å². The van der Waals surface area contributed by atoms with Crippen LogP contribution in [0, 0.1) is 0 Å². The molecule has 0 spiro atoms. The summed E-state index contributed by atoms with van der Waals surface area (Å²) in [6.45, 7) is 1.89. The molecule has 118 valence electrons. The smallest absolute Gasteiger partial charge is 0.240 e. The molecule has 1 heterocycles. The maximum absolute atomic E-state index is 12.5. The molecule has 2 aromatic carbocycles. The number of aromatic amines is 1. The highest BCUT2D eigenvalue weighted by Gasteiger charge is 2.19. The predicted molar refractivity (Wildman–Crippen MR) is 96.4 cm³/mol. The van der Waals surface area contributed by atoms with E-state index in [0.29, 0.717) is 11.3 Å². The van der Waals surface area contributed by atoms with E-state index in [-0.39, 0.29) is 6.04 Å². The molecule has 3 aromatic rings. The monoisotopic (exact) mass is 326 g/mol. The van der Waals surface area contributed by atoms with Crippen LogP contribution in [0.25, 0.3) is 10.9 Å². The highest BCUT2D eigenvalue weighted by Crippen LogP contribution is 2.19. The SMILES string of the molecule is Bc1ccccc1S(=O)(=O)NC(C)Cc1c[nH]c2ccccc12. The van der Waals surface area contributed by atoms with Crippen LogP contribution in [0.2, 0.25) is 0 Å². The van der Waals surface area contributed by atoms with Crippen LogP contribution in [0.1, 0.15) is 12.5 Å². The molecular weight excluding hydrogens is 307 g/mol. The van der Waals surface area contributed by atoms with Crippen molar-refractivity contribution in [2.24, 2.45) is 0 Å². The van der Waals surface area contributed by atoms with Crippen molar-refractivity contribution < 1.29 is 8.42 Å². The molecule has 0 aliphatic heterocycles. The molecule has 4 nitrogen and oxygen atoms in total. The van der Waals surface area contributed by atoms with Gasteiger partial charge in [0.2, 0.25) is 10.0 Å². The number of aromatic nitrogens is 1. The third-order valence-corrected chi connectivity index (χ3v) is 5.69. The number of rotatable bonds is 5. The minimum atomic E-state index is -3.51. The summed E-state index contributed by atoms with van der Waals surface area (Å²) in [6, 6.07) is 14.9. The molecule has 1 atom stereocenters. The Morgan fingerprint density at radius 2 is 1.83 bits per heavy atom. The summed E-state index contributed by atoms with van der Waals surface area (Å²) in [7, 11) is -1.70. The quantitative estimate of drug-likeness (QED) is 0.695. The molecule has 23 heavy (non-hydrogen) atoms. The summed E-state index contributed by atoms with van der Waals surface area (Å²) >= 11 is 0. The van der Waals surface area contributed by atoms with E-state index >= 15 is 0 Å². The number of H-pyrrole nitrogens is 1. The Balaban J connectivity index is 1.79. The summed E-state index contributed by atoms with van der Waals surface area (Å²) in [4.78, 5) is 3.56. The molecule has 0 bridgehead atoms. The Labute approximate surface area is 137 Å². The number of hydrogen-bond acceptors (Lipinski definition) is 2. The molecule has 3 rings (SSSR count). The van der Waals surface area contributed by atoms with Gasteiger partial charge in [-0.15, -0.1) is 0 Å². The zero-order valence-corrected chi connectivity index (χ0v) is 14.0. The number of fused-ring (bicyclic) bond motifs is 1. The fourth-order valence-corrected chi connectivity index (χ4v) is 4.35. The molecule has 0 radical (unpaired) electrons. The lowest BCUT2D eigenvalue weighted by atomic mass is 9.97. The van der Waals surface area contributed by atoms with Gasteiger partial charge in [-0.25, -0.2) is 13.1 Å². The second-order valence-corrected chi connectivity index (χ2v) is 7.53. The standard InChI is InChI=1S/C17H19BN2O2S/c1-12(10-13-11-19-16-8-4-2-6-14(13)16)20-23(21,22)17-9-5-3-7-15(17)18/h2-9,11-12,19-20H,10,18H2,1H3. The largest absolute Gasteiger partial charge is 0.361 e. The van der Waals surface area contributed by atoms with Crippen LogP contribution in [-0.4, -0.2) is 27.3 Å². The number of benzene rings is 2. The molecule has 0 amide bonds. The lowest BCUT2D eigenvalue weighted by Gasteiger charge is -2.15. The third kappa shape index (κ3) is 3.33. The summed E-state index contributed by atoms with van der Waals surface area (Å²) in [5.41, 5.74) is 2.93. The zero-order chi connectivity index (χ0) is 16.4. The molecule has 1 unspecified atom stereocenters. The van der Waals surface area contributed by atoms with Crippen molar-refractivity contribution in [3.8, 4) is 0 Å². The van der Waals surface area contributed by atoms with Gasteiger partial charge in [-0.1, -0.05) is 41.9 Å². The van der Waals surface area contributed by atoms with Gasteiger partial charge >= 0.3 is 0 Å². The summed E-state index contributed by atoms with van der Waals surface area (Å²) in [5.74, 6) is 0. The van der Waals surface area contributed by atoms with Gasteiger partial charge in [-0.3, -0.25) is 0 Å². The molecular formula is C17H19BN2O2S. The molecule has 0 saturated carbocycles. The number of sulfonamides is 1. The van der Waals surface area contributed by atoms with Crippen molar-refractivity contribution in [1.82, 2.24) is 9.71 Å². The van der Waals surface area contributed by atoms with Gasteiger partial charge in [0.15, 0.2) is 0 Å². The Morgan fingerprint density at radius 3 is 2.61 bits per heavy atom. The minimum absolute atomic E-state index is 0.196. The Morgan fingerprint density at radius 1 is 1.13 bits per heavy atom. The maximum Gasteiger partial charge on any atom is 0.240 e. The Hall–Kier alpha value is -2.05. The number of hydrogen-bond donors (Lipinski definition) is 2. The molecule has 6 heteroatoms. The van der Waals surface area contributed by atoms with Crippen molar-refractivity contribution in [2.75, 3.05) is 0 Å². The topological polar surface area (TPSA) is 62.0 Å². The highest BCUT2D eigenvalue weighted by atomic mass is 32.2. The van der Waals surface area contributed by atoms with E-state index in [0.717, 1.165) is 21.9 Å². The van der Waals surface area contributed by atoms with Gasteiger partial charge in [0, 0.05) is 23.1 Å². The van der Waals surface area contributed by atoms with Gasteiger partial charge in [0.25, 0.3) is 0 Å². The summed E-state index contributed by atoms with van der Waals surface area (Å²) in [6.07, 6.45) is 2.58. The van der Waals surface area contributed by atoms with Crippen molar-refractivity contribution in [2.45, 2.75) is 24.3 Å². The van der Waals surface area contributed by atoms with E-state index in [2.05, 4.69) is 9.71 Å². The summed E-state index contributed by atoms with van der Waals surface area (Å²) < 4.78 is 27.8. The maximum atomic E-state index is 12.5. The minimum Gasteiger partial charge on any atom is -0.361 e. The van der Waals surface area contributed by atoms with Crippen LogP contribution in [0.5, 0.6) is 0 Å². The normalized spacial score (nSPS) is 13.3. The second kappa shape index (κ2) is 6.22. The zero-order valence-electron chi connectivity index (χ0n) is 13.2. The van der Waals surface area contributed by atoms with Crippen molar-refractivity contribution in [3.05, 3.63) is 60.3 Å². The van der Waals surface area contributed by atoms with E-state index < -0.39 is 10.0 Å². The van der Waals surface area contributed by atoms with E-state index in [4.69, 9.17) is 0 Å². The molecule has 0 aliphatic rings. The van der Waals surface area contributed by atoms with Gasteiger partial charge in [0.05, 0.1) is 4.90 Å². The van der Waals surface area contributed by atoms with E-state index in [1.54, 1.807) is 26.0 Å². The number of para-hydroxylation sites is 1. The molecule has 0 saturated heterocycles. The lowest BCUT2D eigenvalue weighted by molar-refractivity contribution is 0.561. The predicted octanol–water partition coefficient (Wildman–Crippen LogP) is 1.34. The van der Waals surface area contributed by atoms with Gasteiger partial charge in [-0.05, 0) is 31.0 Å². The Kier molecular flexibility index (Phi) is 4.28. The van der Waals surface area contributed by atoms with Crippen LogP contribution in [0.3, 0.4) is 0 Å². The first-order valence-electron chi connectivity index (χ1n) is 7.60. The van der Waals surface area contributed by atoms with Gasteiger partial charge < -0.3 is 4.98 Å². The van der Waals surface area contributed by atoms with Crippen LogP contribution >= 0.6 is 0 Å². The lowest BCUT2D eigenvalue weighted by Crippen LogP contribution is -2.36. The fraction of sp³-hybridized carbons (Fsp3) is 0.176. The first-order valence-corrected chi connectivity index (χ1v) is 9.08. The number of nitrogens with one attached hydrogen (secondary N) is 2. The van der Waals surface area contributed by atoms with E-state index in [1.165, 1.54) is 0 Å². The molecule has 0 fully saturated rings. The van der Waals surface area contributed by atoms with Crippen molar-refractivity contribution >= 4 is 34.2 Å². The molecule has 2 N–H and O–H groups in total. The Bertz CT molecular complexity index is 934. The fourth-order valence-electron chi connectivity index (χ4n) is 2.86. The summed E-state index contributed by atoms with van der Waals surface area (Å²) in [5, 5.41) is 1.13. The van der Waals surface area contributed by atoms with Gasteiger partial charge in [-0.2, -0.15) is 0 Å². The van der Waals surface area contributed by atoms with Crippen LogP contribution in [-0.2, 0) is 16.4 Å². The van der Waals surface area contributed by atoms with E-state index in [1.807, 2.05) is 43.5 Å². The molecule has 1 aromatic heterocycles. The second-order valence-electron chi connectivity index (χ2n) is 5.85.